The molecule has 0 fully saturated rings. The van der Waals surface area contributed by atoms with E-state index in [4.69, 9.17) is 23.2 Å². The highest BCUT2D eigenvalue weighted by Gasteiger charge is 2.26. The van der Waals surface area contributed by atoms with E-state index in [9.17, 15) is 18.0 Å². The van der Waals surface area contributed by atoms with E-state index in [0.717, 1.165) is 17.4 Å². The van der Waals surface area contributed by atoms with Gasteiger partial charge in [-0.3, -0.25) is 13.9 Å². The van der Waals surface area contributed by atoms with Crippen LogP contribution in [0.4, 0.5) is 5.69 Å². The highest BCUT2D eigenvalue weighted by atomic mass is 35.5. The highest BCUT2D eigenvalue weighted by Crippen LogP contribution is 2.25. The number of benzene rings is 2. The van der Waals surface area contributed by atoms with Gasteiger partial charge in [0, 0.05) is 36.6 Å². The molecule has 0 aliphatic heterocycles. The van der Waals surface area contributed by atoms with Crippen LogP contribution in [0.2, 0.25) is 10.0 Å². The van der Waals surface area contributed by atoms with Gasteiger partial charge in [0.2, 0.25) is 21.8 Å². The molecule has 0 radical (unpaired) electrons. The van der Waals surface area contributed by atoms with E-state index < -0.39 is 16.1 Å². The number of aryl methyl sites for hydroxylation is 2. The Morgan fingerprint density at radius 2 is 1.74 bits per heavy atom. The van der Waals surface area contributed by atoms with Crippen molar-refractivity contribution in [3.63, 3.8) is 0 Å². The van der Waals surface area contributed by atoms with Crippen LogP contribution in [0.15, 0.2) is 36.4 Å². The second-order valence-corrected chi connectivity index (χ2v) is 11.0. The fraction of sp³-hybridized carbons (Fsp3) is 0.417. The molecule has 0 spiro atoms. The lowest BCUT2D eigenvalue weighted by atomic mass is 10.1. The molecule has 0 aliphatic rings. The van der Waals surface area contributed by atoms with Crippen LogP contribution in [-0.4, -0.2) is 51.0 Å². The number of sulfonamides is 1. The molecule has 2 aromatic carbocycles. The monoisotopic (exact) mass is 527 g/mol. The predicted molar refractivity (Wildman–Crippen MR) is 138 cm³/mol. The normalized spacial score (nSPS) is 12.2. The summed E-state index contributed by atoms with van der Waals surface area (Å²) in [6, 6.07) is 9.68. The number of amides is 2. The molecule has 1 atom stereocenters. The molecule has 10 heteroatoms. The minimum Gasteiger partial charge on any atom is -0.357 e. The lowest BCUT2D eigenvalue weighted by Gasteiger charge is -2.29. The van der Waals surface area contributed by atoms with Crippen LogP contribution >= 0.6 is 23.2 Å². The first-order valence-corrected chi connectivity index (χ1v) is 13.5. The molecule has 1 N–H and O–H groups in total. The van der Waals surface area contributed by atoms with Crippen molar-refractivity contribution in [2.75, 3.05) is 24.2 Å². The van der Waals surface area contributed by atoms with Gasteiger partial charge in [-0.1, -0.05) is 35.3 Å². The van der Waals surface area contributed by atoms with E-state index in [-0.39, 0.29) is 37.7 Å². The Morgan fingerprint density at radius 1 is 1.06 bits per heavy atom. The lowest BCUT2D eigenvalue weighted by Crippen LogP contribution is -2.46. The molecule has 0 saturated carbocycles. The maximum absolute atomic E-state index is 13.2. The molecule has 2 rings (SSSR count). The molecule has 0 aliphatic carbocycles. The zero-order chi connectivity index (χ0) is 25.6. The minimum absolute atomic E-state index is 0.0589. The maximum Gasteiger partial charge on any atom is 0.242 e. The molecule has 186 valence electrons. The number of rotatable bonds is 10. The van der Waals surface area contributed by atoms with Crippen LogP contribution in [0.1, 0.15) is 36.5 Å². The van der Waals surface area contributed by atoms with Crippen molar-refractivity contribution in [1.82, 2.24) is 10.2 Å². The molecule has 0 saturated heterocycles. The van der Waals surface area contributed by atoms with Crippen molar-refractivity contribution < 1.29 is 18.0 Å². The Kier molecular flexibility index (Phi) is 9.79. The standard InChI is InChI=1S/C24H31Cl2N3O4S/c1-16-8-11-21(13-17(16)2)29(34(5,32)33)12-6-7-23(30)28(18(3)24(31)27-4)15-19-9-10-20(25)14-22(19)26/h8-11,13-14,18H,6-7,12,15H2,1-5H3,(H,27,31). The Hall–Kier alpha value is -2.29. The number of halogens is 2. The third-order valence-electron chi connectivity index (χ3n) is 5.70. The summed E-state index contributed by atoms with van der Waals surface area (Å²) in [5.41, 5.74) is 3.25. The van der Waals surface area contributed by atoms with E-state index >= 15 is 0 Å². The van der Waals surface area contributed by atoms with Crippen molar-refractivity contribution in [2.45, 2.75) is 46.2 Å². The van der Waals surface area contributed by atoms with Gasteiger partial charge in [0.1, 0.15) is 6.04 Å². The van der Waals surface area contributed by atoms with Crippen LogP contribution in [0.25, 0.3) is 0 Å². The molecule has 2 aromatic rings. The SMILES string of the molecule is CNC(=O)C(C)N(Cc1ccc(Cl)cc1Cl)C(=O)CCCN(c1ccc(C)c(C)c1)S(C)(=O)=O. The Morgan fingerprint density at radius 3 is 2.29 bits per heavy atom. The Labute approximate surface area is 212 Å². The summed E-state index contributed by atoms with van der Waals surface area (Å²) in [6.07, 6.45) is 1.49. The second kappa shape index (κ2) is 11.9. The topological polar surface area (TPSA) is 86.8 Å². The molecule has 1 unspecified atom stereocenters. The Bertz CT molecular complexity index is 1150. The smallest absolute Gasteiger partial charge is 0.242 e. The third-order valence-corrected chi connectivity index (χ3v) is 7.48. The molecule has 34 heavy (non-hydrogen) atoms. The summed E-state index contributed by atoms with van der Waals surface area (Å²) < 4.78 is 26.2. The van der Waals surface area contributed by atoms with Gasteiger partial charge in [0.25, 0.3) is 0 Å². The van der Waals surface area contributed by atoms with Gasteiger partial charge >= 0.3 is 0 Å². The van der Waals surface area contributed by atoms with E-state index in [0.29, 0.717) is 21.3 Å². The van der Waals surface area contributed by atoms with Crippen LogP contribution in [-0.2, 0) is 26.2 Å². The van der Waals surface area contributed by atoms with Gasteiger partial charge in [0.05, 0.1) is 11.9 Å². The van der Waals surface area contributed by atoms with E-state index in [2.05, 4.69) is 5.32 Å². The molecular formula is C24H31Cl2N3O4S. The molecule has 7 nitrogen and oxygen atoms in total. The van der Waals surface area contributed by atoms with E-state index in [1.165, 1.54) is 16.3 Å². The van der Waals surface area contributed by atoms with E-state index in [1.54, 1.807) is 31.2 Å². The van der Waals surface area contributed by atoms with Crippen LogP contribution in [0.5, 0.6) is 0 Å². The zero-order valence-corrected chi connectivity index (χ0v) is 22.4. The average molecular weight is 529 g/mol. The molecule has 0 heterocycles. The van der Waals surface area contributed by atoms with Crippen molar-refractivity contribution >= 4 is 50.7 Å². The fourth-order valence-corrected chi connectivity index (χ4v) is 4.94. The number of carbonyl (C=O) groups is 2. The average Bonchev–Trinajstić information content (AvgIpc) is 2.76. The lowest BCUT2D eigenvalue weighted by molar-refractivity contribution is -0.140. The fourth-order valence-electron chi connectivity index (χ4n) is 3.51. The van der Waals surface area contributed by atoms with Crippen molar-refractivity contribution in [1.29, 1.82) is 0 Å². The number of hydrogen-bond donors (Lipinski definition) is 1. The number of likely N-dealkylation sites (N-methyl/N-ethyl adjacent to an activating group) is 1. The number of hydrogen-bond acceptors (Lipinski definition) is 4. The predicted octanol–water partition coefficient (Wildman–Crippen LogP) is 4.32. The summed E-state index contributed by atoms with van der Waals surface area (Å²) in [4.78, 5) is 26.9. The minimum atomic E-state index is -3.54. The summed E-state index contributed by atoms with van der Waals surface area (Å²) in [7, 11) is -2.04. The molecule has 0 aromatic heterocycles. The summed E-state index contributed by atoms with van der Waals surface area (Å²) in [6.45, 7) is 5.77. The molecule has 2 amide bonds. The number of anilines is 1. The van der Waals surface area contributed by atoms with Gasteiger partial charge in [0.15, 0.2) is 0 Å². The molecular weight excluding hydrogens is 497 g/mol. The van der Waals surface area contributed by atoms with Crippen LogP contribution < -0.4 is 9.62 Å². The van der Waals surface area contributed by atoms with Crippen LogP contribution in [0, 0.1) is 13.8 Å². The summed E-state index contributed by atoms with van der Waals surface area (Å²) in [5.74, 6) is -0.595. The summed E-state index contributed by atoms with van der Waals surface area (Å²) >= 11 is 12.3. The van der Waals surface area contributed by atoms with Crippen molar-refractivity contribution in [3.8, 4) is 0 Å². The van der Waals surface area contributed by atoms with Crippen molar-refractivity contribution in [3.05, 3.63) is 63.1 Å². The van der Waals surface area contributed by atoms with Gasteiger partial charge in [-0.05, 0) is 68.1 Å². The number of nitrogens with zero attached hydrogens (tertiary/aromatic N) is 2. The van der Waals surface area contributed by atoms with Gasteiger partial charge in [-0.25, -0.2) is 8.42 Å². The highest BCUT2D eigenvalue weighted by molar-refractivity contribution is 7.92. The second-order valence-electron chi connectivity index (χ2n) is 8.25. The zero-order valence-electron chi connectivity index (χ0n) is 20.1. The van der Waals surface area contributed by atoms with E-state index in [1.807, 2.05) is 26.0 Å². The first kappa shape index (κ1) is 28.0. The third kappa shape index (κ3) is 7.35. The van der Waals surface area contributed by atoms with Gasteiger partial charge < -0.3 is 10.2 Å². The number of carbonyl (C=O) groups excluding carboxylic acids is 2. The maximum atomic E-state index is 13.2. The Balaban J connectivity index is 2.19. The van der Waals surface area contributed by atoms with Gasteiger partial charge in [-0.15, -0.1) is 0 Å². The van der Waals surface area contributed by atoms with Gasteiger partial charge in [-0.2, -0.15) is 0 Å². The summed E-state index contributed by atoms with van der Waals surface area (Å²) in [5, 5.41) is 3.43. The van der Waals surface area contributed by atoms with Crippen LogP contribution in [0.3, 0.4) is 0 Å². The van der Waals surface area contributed by atoms with Crippen molar-refractivity contribution in [2.24, 2.45) is 0 Å². The molecule has 0 bridgehead atoms. The quantitative estimate of drug-likeness (QED) is 0.498. The number of nitrogens with one attached hydrogen (secondary N) is 1. The largest absolute Gasteiger partial charge is 0.357 e. The first-order valence-electron chi connectivity index (χ1n) is 10.8. The first-order chi connectivity index (χ1) is 15.8.